The predicted molar refractivity (Wildman–Crippen MR) is 100 cm³/mol. The third kappa shape index (κ3) is 4.66. The average Bonchev–Trinajstić information content (AvgIpc) is 2.64. The van der Waals surface area contributed by atoms with Gasteiger partial charge in [0.15, 0.2) is 0 Å². The molecule has 2 aromatic rings. The van der Waals surface area contributed by atoms with E-state index in [0.29, 0.717) is 36.9 Å². The topological polar surface area (TPSA) is 35.6 Å². The minimum absolute atomic E-state index is 0.323. The summed E-state index contributed by atoms with van der Waals surface area (Å²) in [5.74, 6) is 0. The van der Waals surface area contributed by atoms with Crippen LogP contribution >= 0.6 is 11.6 Å². The average molecular weight is 398 g/mol. The molecule has 2 amide bonds. The molecular formula is C19H19ClF3N3O. The van der Waals surface area contributed by atoms with E-state index in [2.05, 4.69) is 10.2 Å². The van der Waals surface area contributed by atoms with Crippen LogP contribution in [0.15, 0.2) is 42.5 Å². The molecule has 1 N–H and O–H groups in total. The quantitative estimate of drug-likeness (QED) is 0.772. The second kappa shape index (κ2) is 7.68. The molecule has 1 aliphatic heterocycles. The van der Waals surface area contributed by atoms with Gasteiger partial charge in [-0.05, 0) is 48.9 Å². The largest absolute Gasteiger partial charge is 0.416 e. The number of piperazine rings is 1. The Hall–Kier alpha value is -2.41. The number of anilines is 2. The van der Waals surface area contributed by atoms with Crippen LogP contribution in [0.4, 0.5) is 29.3 Å². The predicted octanol–water partition coefficient (Wildman–Crippen LogP) is 5.02. The summed E-state index contributed by atoms with van der Waals surface area (Å²) in [6.07, 6.45) is -4.39. The highest BCUT2D eigenvalue weighted by atomic mass is 35.5. The molecule has 3 rings (SSSR count). The number of nitrogens with one attached hydrogen (secondary N) is 1. The molecule has 2 aromatic carbocycles. The molecule has 1 heterocycles. The number of carbonyl (C=O) groups is 1. The number of nitrogens with zero attached hydrogens (tertiary/aromatic N) is 2. The first-order chi connectivity index (χ1) is 12.7. The lowest BCUT2D eigenvalue weighted by molar-refractivity contribution is -0.137. The van der Waals surface area contributed by atoms with Crippen LogP contribution in [0.2, 0.25) is 5.02 Å². The van der Waals surface area contributed by atoms with Crippen LogP contribution in [0.5, 0.6) is 0 Å². The third-order valence-electron chi connectivity index (χ3n) is 4.55. The Morgan fingerprint density at radius 3 is 2.22 bits per heavy atom. The lowest BCUT2D eigenvalue weighted by atomic mass is 10.2. The van der Waals surface area contributed by atoms with Gasteiger partial charge in [0.25, 0.3) is 0 Å². The molecule has 144 valence electrons. The molecule has 0 radical (unpaired) electrons. The Bertz CT molecular complexity index is 816. The maximum absolute atomic E-state index is 12.6. The minimum atomic E-state index is -4.39. The molecule has 8 heteroatoms. The summed E-state index contributed by atoms with van der Waals surface area (Å²) in [7, 11) is 0. The highest BCUT2D eigenvalue weighted by Crippen LogP contribution is 2.30. The highest BCUT2D eigenvalue weighted by molar-refractivity contribution is 6.31. The summed E-state index contributed by atoms with van der Waals surface area (Å²) in [5.41, 5.74) is 1.61. The summed E-state index contributed by atoms with van der Waals surface area (Å²) < 4.78 is 37.8. The molecule has 27 heavy (non-hydrogen) atoms. The van der Waals surface area contributed by atoms with Crippen molar-refractivity contribution < 1.29 is 18.0 Å². The Labute approximate surface area is 160 Å². The number of urea groups is 1. The van der Waals surface area contributed by atoms with Crippen molar-refractivity contribution in [3.63, 3.8) is 0 Å². The first kappa shape index (κ1) is 19.4. The summed E-state index contributed by atoms with van der Waals surface area (Å²) in [6.45, 7) is 4.27. The number of amides is 2. The van der Waals surface area contributed by atoms with Gasteiger partial charge in [-0.15, -0.1) is 0 Å². The van der Waals surface area contributed by atoms with Crippen LogP contribution < -0.4 is 10.2 Å². The van der Waals surface area contributed by atoms with E-state index >= 15 is 0 Å². The number of alkyl halides is 3. The molecule has 0 aromatic heterocycles. The van der Waals surface area contributed by atoms with E-state index in [1.807, 2.05) is 25.1 Å². The van der Waals surface area contributed by atoms with Gasteiger partial charge in [0.2, 0.25) is 0 Å². The molecule has 0 unspecified atom stereocenters. The lowest BCUT2D eigenvalue weighted by Crippen LogP contribution is -2.50. The highest BCUT2D eigenvalue weighted by Gasteiger charge is 2.30. The molecule has 1 aliphatic rings. The van der Waals surface area contributed by atoms with Gasteiger partial charge in [-0.2, -0.15) is 13.2 Å². The zero-order chi connectivity index (χ0) is 19.6. The number of carbonyl (C=O) groups excluding carboxylic acids is 1. The fourth-order valence-electron chi connectivity index (χ4n) is 2.89. The number of hydrogen-bond donors (Lipinski definition) is 1. The van der Waals surface area contributed by atoms with Gasteiger partial charge in [-0.1, -0.05) is 17.7 Å². The molecule has 1 fully saturated rings. The van der Waals surface area contributed by atoms with Gasteiger partial charge in [0, 0.05) is 42.6 Å². The molecule has 0 aliphatic carbocycles. The number of hydrogen-bond acceptors (Lipinski definition) is 2. The van der Waals surface area contributed by atoms with E-state index in [4.69, 9.17) is 11.6 Å². The van der Waals surface area contributed by atoms with Crippen molar-refractivity contribution >= 4 is 29.0 Å². The first-order valence-electron chi connectivity index (χ1n) is 8.48. The summed E-state index contributed by atoms with van der Waals surface area (Å²) in [6, 6.07) is 9.96. The van der Waals surface area contributed by atoms with Crippen LogP contribution in [0.1, 0.15) is 11.1 Å². The SMILES string of the molecule is Cc1ccc(N2CCN(C(=O)Nc3ccc(C(F)(F)F)cc3)CC2)cc1Cl. The van der Waals surface area contributed by atoms with E-state index in [-0.39, 0.29) is 6.03 Å². The number of rotatable bonds is 2. The van der Waals surface area contributed by atoms with Gasteiger partial charge in [-0.25, -0.2) is 4.79 Å². The normalized spacial score (nSPS) is 15.0. The van der Waals surface area contributed by atoms with Crippen LogP contribution in [-0.4, -0.2) is 37.1 Å². The van der Waals surface area contributed by atoms with E-state index < -0.39 is 11.7 Å². The maximum Gasteiger partial charge on any atom is 0.416 e. The van der Waals surface area contributed by atoms with E-state index in [9.17, 15) is 18.0 Å². The standard InChI is InChI=1S/C19H19ClF3N3O/c1-13-2-7-16(12-17(13)20)25-8-10-26(11-9-25)18(27)24-15-5-3-14(4-6-15)19(21,22)23/h2-7,12H,8-11H2,1H3,(H,24,27). The molecular weight excluding hydrogens is 379 g/mol. The second-order valence-electron chi connectivity index (χ2n) is 6.41. The van der Waals surface area contributed by atoms with Crippen molar-refractivity contribution in [2.75, 3.05) is 36.4 Å². The van der Waals surface area contributed by atoms with Gasteiger partial charge in [0.05, 0.1) is 5.56 Å². The zero-order valence-electron chi connectivity index (χ0n) is 14.7. The summed E-state index contributed by atoms with van der Waals surface area (Å²) in [5, 5.41) is 3.35. The molecule has 0 bridgehead atoms. The van der Waals surface area contributed by atoms with Gasteiger partial charge >= 0.3 is 12.2 Å². The van der Waals surface area contributed by atoms with Crippen molar-refractivity contribution in [1.29, 1.82) is 0 Å². The molecule has 0 saturated carbocycles. The Balaban J connectivity index is 1.56. The number of halogens is 4. The first-order valence-corrected chi connectivity index (χ1v) is 8.86. The van der Waals surface area contributed by atoms with E-state index in [1.165, 1.54) is 12.1 Å². The fraction of sp³-hybridized carbons (Fsp3) is 0.316. The molecule has 1 saturated heterocycles. The van der Waals surface area contributed by atoms with Gasteiger partial charge in [0.1, 0.15) is 0 Å². The molecule has 4 nitrogen and oxygen atoms in total. The Morgan fingerprint density at radius 2 is 1.67 bits per heavy atom. The van der Waals surface area contributed by atoms with Crippen molar-refractivity contribution in [3.8, 4) is 0 Å². The molecule has 0 atom stereocenters. The second-order valence-corrected chi connectivity index (χ2v) is 6.82. The van der Waals surface area contributed by atoms with Crippen LogP contribution in [0.3, 0.4) is 0 Å². The van der Waals surface area contributed by atoms with Crippen molar-refractivity contribution in [1.82, 2.24) is 4.90 Å². The third-order valence-corrected chi connectivity index (χ3v) is 4.96. The number of aryl methyl sites for hydroxylation is 1. The minimum Gasteiger partial charge on any atom is -0.368 e. The number of benzene rings is 2. The van der Waals surface area contributed by atoms with Gasteiger partial charge in [-0.3, -0.25) is 0 Å². The van der Waals surface area contributed by atoms with Crippen molar-refractivity contribution in [3.05, 3.63) is 58.6 Å². The van der Waals surface area contributed by atoms with Crippen molar-refractivity contribution in [2.24, 2.45) is 0 Å². The lowest BCUT2D eigenvalue weighted by Gasteiger charge is -2.36. The van der Waals surface area contributed by atoms with E-state index in [0.717, 1.165) is 23.4 Å². The fourth-order valence-corrected chi connectivity index (χ4v) is 3.07. The van der Waals surface area contributed by atoms with E-state index in [1.54, 1.807) is 4.90 Å². The monoisotopic (exact) mass is 397 g/mol. The zero-order valence-corrected chi connectivity index (χ0v) is 15.4. The Morgan fingerprint density at radius 1 is 1.04 bits per heavy atom. The maximum atomic E-state index is 12.6. The van der Waals surface area contributed by atoms with Crippen LogP contribution in [0, 0.1) is 6.92 Å². The smallest absolute Gasteiger partial charge is 0.368 e. The van der Waals surface area contributed by atoms with Crippen LogP contribution in [-0.2, 0) is 6.18 Å². The Kier molecular flexibility index (Phi) is 5.51. The van der Waals surface area contributed by atoms with Crippen LogP contribution in [0.25, 0.3) is 0 Å². The summed E-state index contributed by atoms with van der Waals surface area (Å²) >= 11 is 6.17. The van der Waals surface area contributed by atoms with Crippen molar-refractivity contribution in [2.45, 2.75) is 13.1 Å². The van der Waals surface area contributed by atoms with Gasteiger partial charge < -0.3 is 15.1 Å². The summed E-state index contributed by atoms with van der Waals surface area (Å²) in [4.78, 5) is 16.1. The molecule has 0 spiro atoms.